The number of rotatable bonds is 0. The highest BCUT2D eigenvalue weighted by atomic mass is 16.1. The smallest absolute Gasteiger partial charge is 0.227 e. The lowest BCUT2D eigenvalue weighted by Gasteiger charge is -1.99. The van der Waals surface area contributed by atoms with Gasteiger partial charge in [-0.05, 0) is 25.1 Å². The lowest BCUT2D eigenvalue weighted by Crippen LogP contribution is -2.02. The Hall–Kier alpha value is -1.57. The lowest BCUT2D eigenvalue weighted by molar-refractivity contribution is 0.0941. The molecule has 1 aromatic carbocycles. The molecule has 0 radical (unpaired) electrons. The number of aromatic nitrogens is 1. The van der Waals surface area contributed by atoms with E-state index in [2.05, 4.69) is 6.07 Å². The van der Waals surface area contributed by atoms with Gasteiger partial charge < -0.3 is 0 Å². The molecule has 0 fully saturated rings. The fourth-order valence-corrected chi connectivity index (χ4v) is 1.54. The Morgan fingerprint density at radius 3 is 2.47 bits per heavy atom. The Morgan fingerprint density at radius 2 is 1.87 bits per heavy atom. The molecule has 0 aliphatic carbocycles. The summed E-state index contributed by atoms with van der Waals surface area (Å²) in [4.78, 5) is 11.2. The molecule has 0 saturated carbocycles. The topological polar surface area (TPSA) is 22.0 Å². The predicted octanol–water partition coefficient (Wildman–Crippen LogP) is 3.64. The second kappa shape index (κ2) is 4.78. The summed E-state index contributed by atoms with van der Waals surface area (Å²) >= 11 is 0. The summed E-state index contributed by atoms with van der Waals surface area (Å²) in [6.45, 7) is 7.61. The van der Waals surface area contributed by atoms with Crippen LogP contribution in [0.3, 0.4) is 0 Å². The molecule has 0 aliphatic heterocycles. The minimum absolute atomic E-state index is 0.0545. The van der Waals surface area contributed by atoms with E-state index in [1.54, 1.807) is 11.5 Å². The van der Waals surface area contributed by atoms with Crippen LogP contribution in [0.5, 0.6) is 0 Å². The first kappa shape index (κ1) is 11.5. The number of fused-ring (bicyclic) bond motifs is 1. The second-order valence-electron chi connectivity index (χ2n) is 3.27. The van der Waals surface area contributed by atoms with Gasteiger partial charge in [-0.1, -0.05) is 25.5 Å². The van der Waals surface area contributed by atoms with Gasteiger partial charge in [0.1, 0.15) is 0 Å². The third-order valence-corrected chi connectivity index (χ3v) is 2.18. The van der Waals surface area contributed by atoms with Crippen LogP contribution in [0.1, 0.15) is 31.1 Å². The molecule has 0 amide bonds. The van der Waals surface area contributed by atoms with Crippen molar-refractivity contribution in [3.05, 3.63) is 36.0 Å². The van der Waals surface area contributed by atoms with Gasteiger partial charge in [-0.15, -0.1) is 0 Å². The van der Waals surface area contributed by atoms with Crippen LogP contribution in [0.15, 0.2) is 30.5 Å². The van der Waals surface area contributed by atoms with Crippen LogP contribution in [0.25, 0.3) is 10.9 Å². The van der Waals surface area contributed by atoms with Gasteiger partial charge in [-0.25, -0.2) is 0 Å². The summed E-state index contributed by atoms with van der Waals surface area (Å²) < 4.78 is 1.66. The number of carbonyl (C=O) groups excluding carboxylic acids is 1. The van der Waals surface area contributed by atoms with Crippen LogP contribution >= 0.6 is 0 Å². The van der Waals surface area contributed by atoms with Crippen LogP contribution in [0.2, 0.25) is 0 Å². The van der Waals surface area contributed by atoms with E-state index in [4.69, 9.17) is 0 Å². The van der Waals surface area contributed by atoms with Crippen molar-refractivity contribution in [3.63, 3.8) is 0 Å². The van der Waals surface area contributed by atoms with Gasteiger partial charge in [0.2, 0.25) is 5.91 Å². The maximum atomic E-state index is 11.2. The predicted molar refractivity (Wildman–Crippen MR) is 64.3 cm³/mol. The van der Waals surface area contributed by atoms with Crippen molar-refractivity contribution >= 4 is 16.8 Å². The first-order chi connectivity index (χ1) is 7.18. The highest BCUT2D eigenvalue weighted by molar-refractivity contribution is 5.91. The molecule has 2 heteroatoms. The molecule has 0 spiro atoms. The SMILES string of the molecule is CC.CC(=O)n1ccc2cc(C)ccc21. The third kappa shape index (κ3) is 2.27. The molecule has 1 heterocycles. The normalized spacial score (nSPS) is 9.60. The number of carbonyl (C=O) groups is 1. The van der Waals surface area contributed by atoms with Gasteiger partial charge >= 0.3 is 0 Å². The zero-order chi connectivity index (χ0) is 11.4. The van der Waals surface area contributed by atoms with E-state index < -0.39 is 0 Å². The highest BCUT2D eigenvalue weighted by Crippen LogP contribution is 2.16. The molecule has 0 aliphatic rings. The Bertz CT molecular complexity index is 468. The van der Waals surface area contributed by atoms with E-state index in [9.17, 15) is 4.79 Å². The van der Waals surface area contributed by atoms with Crippen molar-refractivity contribution in [1.82, 2.24) is 4.57 Å². The number of hydrogen-bond acceptors (Lipinski definition) is 1. The fourth-order valence-electron chi connectivity index (χ4n) is 1.54. The molecule has 2 rings (SSSR count). The maximum Gasteiger partial charge on any atom is 0.227 e. The van der Waals surface area contributed by atoms with Gasteiger partial charge in [-0.3, -0.25) is 9.36 Å². The molecule has 0 saturated heterocycles. The van der Waals surface area contributed by atoms with E-state index >= 15 is 0 Å². The van der Waals surface area contributed by atoms with E-state index in [0.717, 1.165) is 10.9 Å². The second-order valence-corrected chi connectivity index (χ2v) is 3.27. The van der Waals surface area contributed by atoms with Gasteiger partial charge in [-0.2, -0.15) is 0 Å². The largest absolute Gasteiger partial charge is 0.287 e. The first-order valence-electron chi connectivity index (χ1n) is 5.27. The maximum absolute atomic E-state index is 11.2. The molecule has 2 aromatic rings. The molecular formula is C13H17NO. The van der Waals surface area contributed by atoms with Crippen molar-refractivity contribution in [2.45, 2.75) is 27.7 Å². The Balaban J connectivity index is 0.000000531. The number of nitrogens with zero attached hydrogens (tertiary/aromatic N) is 1. The van der Waals surface area contributed by atoms with Crippen LogP contribution in [0.4, 0.5) is 0 Å². The van der Waals surface area contributed by atoms with Crippen LogP contribution in [-0.4, -0.2) is 10.5 Å². The van der Waals surface area contributed by atoms with Crippen molar-refractivity contribution in [2.24, 2.45) is 0 Å². The average molecular weight is 203 g/mol. The van der Waals surface area contributed by atoms with Gasteiger partial charge in [0.15, 0.2) is 0 Å². The van der Waals surface area contributed by atoms with Gasteiger partial charge in [0.25, 0.3) is 0 Å². The van der Waals surface area contributed by atoms with Crippen molar-refractivity contribution in [2.75, 3.05) is 0 Å². The summed E-state index contributed by atoms with van der Waals surface area (Å²) in [5.41, 5.74) is 2.20. The molecule has 80 valence electrons. The van der Waals surface area contributed by atoms with Gasteiger partial charge in [0, 0.05) is 18.5 Å². The molecular weight excluding hydrogens is 186 g/mol. The summed E-state index contributed by atoms with van der Waals surface area (Å²) in [7, 11) is 0. The van der Waals surface area contributed by atoms with Crippen molar-refractivity contribution in [3.8, 4) is 0 Å². The minimum Gasteiger partial charge on any atom is -0.287 e. The van der Waals surface area contributed by atoms with E-state index in [0.29, 0.717) is 0 Å². The van der Waals surface area contributed by atoms with Crippen molar-refractivity contribution < 1.29 is 4.79 Å². The van der Waals surface area contributed by atoms with E-state index in [1.807, 2.05) is 45.2 Å². The summed E-state index contributed by atoms with van der Waals surface area (Å²) in [5, 5.41) is 1.12. The molecule has 0 bridgehead atoms. The molecule has 15 heavy (non-hydrogen) atoms. The third-order valence-electron chi connectivity index (χ3n) is 2.18. The Morgan fingerprint density at radius 1 is 1.20 bits per heavy atom. The molecule has 2 nitrogen and oxygen atoms in total. The quantitative estimate of drug-likeness (QED) is 0.640. The monoisotopic (exact) mass is 203 g/mol. The number of hydrogen-bond donors (Lipinski definition) is 0. The fraction of sp³-hybridized carbons (Fsp3) is 0.308. The molecule has 0 atom stereocenters. The first-order valence-corrected chi connectivity index (χ1v) is 5.27. The number of benzene rings is 1. The van der Waals surface area contributed by atoms with Crippen LogP contribution in [0, 0.1) is 6.92 Å². The summed E-state index contributed by atoms with van der Waals surface area (Å²) in [5.74, 6) is 0.0545. The van der Waals surface area contributed by atoms with E-state index in [-0.39, 0.29) is 5.91 Å². The average Bonchev–Trinajstić information content (AvgIpc) is 2.63. The zero-order valence-electron chi connectivity index (χ0n) is 9.74. The van der Waals surface area contributed by atoms with Crippen molar-refractivity contribution in [1.29, 1.82) is 0 Å². The van der Waals surface area contributed by atoms with Gasteiger partial charge in [0.05, 0.1) is 5.52 Å². The molecule has 0 N–H and O–H groups in total. The summed E-state index contributed by atoms with van der Waals surface area (Å²) in [6.07, 6.45) is 1.81. The lowest BCUT2D eigenvalue weighted by atomic mass is 10.2. The minimum atomic E-state index is 0.0545. The highest BCUT2D eigenvalue weighted by Gasteiger charge is 2.03. The Kier molecular flexibility index (Phi) is 3.67. The van der Waals surface area contributed by atoms with Crippen LogP contribution < -0.4 is 0 Å². The zero-order valence-corrected chi connectivity index (χ0v) is 9.74. The summed E-state index contributed by atoms with van der Waals surface area (Å²) in [6, 6.07) is 8.03. The molecule has 1 aromatic heterocycles. The molecule has 0 unspecified atom stereocenters. The van der Waals surface area contributed by atoms with E-state index in [1.165, 1.54) is 5.56 Å². The standard InChI is InChI=1S/C11H11NO.C2H6/c1-8-3-4-11-10(7-8)5-6-12(11)9(2)13;1-2/h3-7H,1-2H3;1-2H3. The Labute approximate surface area is 90.5 Å². The number of aryl methyl sites for hydroxylation is 1. The van der Waals surface area contributed by atoms with Crippen LogP contribution in [-0.2, 0) is 0 Å².